The van der Waals surface area contributed by atoms with Crippen molar-refractivity contribution in [3.8, 4) is 89.0 Å². The molecule has 93 heavy (non-hydrogen) atoms. The summed E-state index contributed by atoms with van der Waals surface area (Å²) in [6.07, 6.45) is 6.90. The lowest BCUT2D eigenvalue weighted by Crippen LogP contribution is -2.55. The van der Waals surface area contributed by atoms with Crippen LogP contribution in [0.2, 0.25) is 0 Å². The van der Waals surface area contributed by atoms with Gasteiger partial charge in [0.1, 0.15) is 0 Å². The maximum absolute atomic E-state index is 2.61. The van der Waals surface area contributed by atoms with E-state index in [0.717, 1.165) is 23.2 Å². The third-order valence-corrected chi connectivity index (χ3v) is 23.3. The van der Waals surface area contributed by atoms with Gasteiger partial charge in [-0.25, -0.2) is 0 Å². The summed E-state index contributed by atoms with van der Waals surface area (Å²) in [5.74, 6) is 3.14. The molecule has 0 saturated heterocycles. The third-order valence-electron chi connectivity index (χ3n) is 23.3. The maximum Gasteiger partial charge on any atom is 0.0720 e. The molecule has 1 nitrogen and oxygen atoms in total. The van der Waals surface area contributed by atoms with Gasteiger partial charge in [0.25, 0.3) is 0 Å². The second-order valence-corrected chi connectivity index (χ2v) is 28.3. The Labute approximate surface area is 547 Å². The van der Waals surface area contributed by atoms with Gasteiger partial charge in [0.2, 0.25) is 0 Å². The van der Waals surface area contributed by atoms with E-state index in [4.69, 9.17) is 0 Å². The lowest BCUT2D eigenvalue weighted by molar-refractivity contribution is -0.0399. The molecule has 0 aromatic heterocycles. The first-order valence-corrected chi connectivity index (χ1v) is 34.0. The molecule has 444 valence electrons. The van der Waals surface area contributed by atoms with Gasteiger partial charge in [0.05, 0.1) is 5.41 Å². The first-order valence-electron chi connectivity index (χ1n) is 34.0. The summed E-state index contributed by atoms with van der Waals surface area (Å²) in [6.45, 7) is 4.96. The van der Waals surface area contributed by atoms with E-state index >= 15 is 0 Å². The molecule has 0 amide bonds. The molecule has 7 aliphatic carbocycles. The van der Waals surface area contributed by atoms with Crippen molar-refractivity contribution in [2.75, 3.05) is 4.90 Å². The van der Waals surface area contributed by atoms with E-state index in [-0.39, 0.29) is 5.41 Å². The van der Waals surface area contributed by atoms with Crippen LogP contribution >= 0.6 is 0 Å². The Hall–Kier alpha value is -10.3. The van der Waals surface area contributed by atoms with Gasteiger partial charge in [-0.2, -0.15) is 0 Å². The lowest BCUT2D eigenvalue weighted by Gasteiger charge is -2.61. The fourth-order valence-corrected chi connectivity index (χ4v) is 19.5. The summed E-state index contributed by atoms with van der Waals surface area (Å²) in [6, 6.07) is 118. The van der Waals surface area contributed by atoms with Crippen molar-refractivity contribution in [1.29, 1.82) is 0 Å². The zero-order chi connectivity index (χ0) is 61.6. The van der Waals surface area contributed by atoms with Gasteiger partial charge < -0.3 is 4.90 Å². The third kappa shape index (κ3) is 8.18. The van der Waals surface area contributed by atoms with E-state index in [1.54, 1.807) is 11.1 Å². The van der Waals surface area contributed by atoms with Crippen molar-refractivity contribution < 1.29 is 0 Å². The predicted molar refractivity (Wildman–Crippen MR) is 386 cm³/mol. The molecular formula is C92H71N. The largest absolute Gasteiger partial charge is 0.310 e. The summed E-state index contributed by atoms with van der Waals surface area (Å²) in [7, 11) is 0. The molecule has 13 aromatic rings. The zero-order valence-electron chi connectivity index (χ0n) is 52.7. The monoisotopic (exact) mass is 1190 g/mol. The summed E-state index contributed by atoms with van der Waals surface area (Å²) < 4.78 is 0. The predicted octanol–water partition coefficient (Wildman–Crippen LogP) is 23.9. The number of benzene rings is 13. The number of hydrogen-bond acceptors (Lipinski definition) is 1. The van der Waals surface area contributed by atoms with Crippen molar-refractivity contribution in [3.05, 3.63) is 354 Å². The highest BCUT2D eigenvalue weighted by atomic mass is 15.1. The molecule has 1 heteroatoms. The Kier molecular flexibility index (Phi) is 12.2. The van der Waals surface area contributed by atoms with Crippen LogP contribution in [-0.2, 0) is 16.2 Å². The van der Waals surface area contributed by atoms with Crippen LogP contribution in [0, 0.1) is 23.7 Å². The van der Waals surface area contributed by atoms with E-state index in [0.29, 0.717) is 11.8 Å². The smallest absolute Gasteiger partial charge is 0.0720 e. The highest BCUT2D eigenvalue weighted by Gasteiger charge is 2.62. The van der Waals surface area contributed by atoms with Gasteiger partial charge in [-0.05, 0) is 250 Å². The van der Waals surface area contributed by atoms with E-state index < -0.39 is 10.8 Å². The topological polar surface area (TPSA) is 3.24 Å². The molecule has 4 saturated carbocycles. The van der Waals surface area contributed by atoms with Crippen LogP contribution in [0.25, 0.3) is 89.0 Å². The first kappa shape index (κ1) is 54.4. The molecule has 4 bridgehead atoms. The van der Waals surface area contributed by atoms with Crippen LogP contribution in [0.3, 0.4) is 0 Å². The standard InChI is InChI=1S/C92H71N/c1-90(2)88-55-71(68-27-16-25-66(52-68)62-21-8-4-9-22-62)39-44-85(88)92(86-45-40-72(56-89(86)90)69-28-17-26-67(53-69)63-23-10-5-11-24-63)83-34-15-12-31-78(83)80-43-41-77(58-87(80)92)93(75-30-18-29-70(54-75)65-37-35-64(36-38-65)61-19-6-3-7-20-61)76-42-46-84-81(57-76)79-32-13-14-33-82(79)91(84)73-48-59-47-60(50-73)51-74(91)49-59/h3-46,52-60,73-74H,47-51H2,1-2H3. The van der Waals surface area contributed by atoms with E-state index in [2.05, 4.69) is 328 Å². The summed E-state index contributed by atoms with van der Waals surface area (Å²) in [5.41, 5.74) is 33.7. The number of anilines is 3. The minimum Gasteiger partial charge on any atom is -0.310 e. The molecule has 0 N–H and O–H groups in total. The second kappa shape index (κ2) is 20.8. The Morgan fingerprint density at radius 2 is 0.602 bits per heavy atom. The summed E-state index contributed by atoms with van der Waals surface area (Å²) >= 11 is 0. The van der Waals surface area contributed by atoms with Gasteiger partial charge in [0, 0.05) is 27.9 Å². The van der Waals surface area contributed by atoms with Crippen LogP contribution < -0.4 is 4.90 Å². The molecule has 0 radical (unpaired) electrons. The van der Waals surface area contributed by atoms with Crippen molar-refractivity contribution in [1.82, 2.24) is 0 Å². The van der Waals surface area contributed by atoms with Crippen LogP contribution in [0.15, 0.2) is 309 Å². The SMILES string of the molecule is CC1(C)c2cc(-c3cccc(-c4ccccc4)c3)ccc2C2(c3ccccc3-c3ccc(N(c4cccc(-c5ccc(-c6ccccc6)cc5)c4)c4ccc5c(c4)-c4ccccc4C54C5CC6CC(C5)CC4C6)cc32)c2ccc(-c3cccc(-c4ccccc4)c3)cc21. The quantitative estimate of drug-likeness (QED) is 0.139. The number of hydrogen-bond donors (Lipinski definition) is 0. The highest BCUT2D eigenvalue weighted by Crippen LogP contribution is 2.70. The average molecular weight is 1190 g/mol. The first-order chi connectivity index (χ1) is 45.8. The number of nitrogens with zero attached hydrogens (tertiary/aromatic N) is 1. The molecule has 0 heterocycles. The van der Waals surface area contributed by atoms with Crippen LogP contribution in [0.1, 0.15) is 90.5 Å². The number of rotatable bonds is 9. The van der Waals surface area contributed by atoms with E-state index in [1.165, 1.54) is 160 Å². The van der Waals surface area contributed by atoms with E-state index in [1.807, 2.05) is 0 Å². The molecule has 7 aliphatic rings. The Morgan fingerprint density at radius 3 is 1.17 bits per heavy atom. The Balaban J connectivity index is 0.832. The molecular weight excluding hydrogens is 1120 g/mol. The summed E-state index contributed by atoms with van der Waals surface area (Å²) in [4.78, 5) is 2.60. The van der Waals surface area contributed by atoms with Crippen molar-refractivity contribution in [2.45, 2.75) is 62.2 Å². The van der Waals surface area contributed by atoms with Gasteiger partial charge in [-0.15, -0.1) is 0 Å². The van der Waals surface area contributed by atoms with Crippen LogP contribution in [0.5, 0.6) is 0 Å². The van der Waals surface area contributed by atoms with Gasteiger partial charge in [-0.1, -0.05) is 263 Å². The van der Waals surface area contributed by atoms with Crippen LogP contribution in [0.4, 0.5) is 17.1 Å². The van der Waals surface area contributed by atoms with Gasteiger partial charge in [0.15, 0.2) is 0 Å². The zero-order valence-corrected chi connectivity index (χ0v) is 52.7. The van der Waals surface area contributed by atoms with Crippen molar-refractivity contribution in [3.63, 3.8) is 0 Å². The van der Waals surface area contributed by atoms with Gasteiger partial charge in [-0.3, -0.25) is 0 Å². The normalized spacial score (nSPS) is 19.9. The van der Waals surface area contributed by atoms with E-state index in [9.17, 15) is 0 Å². The molecule has 13 aromatic carbocycles. The van der Waals surface area contributed by atoms with Crippen molar-refractivity contribution in [2.24, 2.45) is 23.7 Å². The second-order valence-electron chi connectivity index (χ2n) is 28.3. The van der Waals surface area contributed by atoms with Gasteiger partial charge >= 0.3 is 0 Å². The Morgan fingerprint density at radius 1 is 0.237 bits per heavy atom. The minimum atomic E-state index is -0.673. The maximum atomic E-state index is 2.61. The fourth-order valence-electron chi connectivity index (χ4n) is 19.5. The molecule has 20 rings (SSSR count). The lowest BCUT2D eigenvalue weighted by atomic mass is 9.43. The Bertz CT molecular complexity index is 4960. The van der Waals surface area contributed by atoms with Crippen molar-refractivity contribution >= 4 is 17.1 Å². The molecule has 0 atom stereocenters. The fraction of sp³-hybridized carbons (Fsp3) is 0.152. The summed E-state index contributed by atoms with van der Waals surface area (Å²) in [5, 5.41) is 0. The van der Waals surface area contributed by atoms with Crippen LogP contribution in [-0.4, -0.2) is 0 Å². The molecule has 2 spiro atoms. The molecule has 4 fully saturated rings. The molecule has 0 unspecified atom stereocenters. The number of fused-ring (bicyclic) bond motifs is 12. The highest BCUT2D eigenvalue weighted by molar-refractivity contribution is 5.94. The molecule has 0 aliphatic heterocycles. The minimum absolute atomic E-state index is 0.0743. The average Bonchev–Trinajstić information content (AvgIpc) is 1.59.